The Morgan fingerprint density at radius 1 is 1.29 bits per heavy atom. The highest BCUT2D eigenvalue weighted by molar-refractivity contribution is 5.91. The van der Waals surface area contributed by atoms with Crippen molar-refractivity contribution in [3.05, 3.63) is 24.3 Å². The van der Waals surface area contributed by atoms with Gasteiger partial charge in [0.15, 0.2) is 0 Å². The Morgan fingerprint density at radius 2 is 2.05 bits per heavy atom. The molecule has 21 heavy (non-hydrogen) atoms. The van der Waals surface area contributed by atoms with E-state index in [0.29, 0.717) is 12.5 Å². The molecule has 0 aliphatic carbocycles. The first-order valence-electron chi connectivity index (χ1n) is 7.77. The van der Waals surface area contributed by atoms with Gasteiger partial charge in [-0.2, -0.15) is 0 Å². The molecule has 114 valence electrons. The van der Waals surface area contributed by atoms with Gasteiger partial charge < -0.3 is 20.3 Å². The second-order valence-corrected chi connectivity index (χ2v) is 5.69. The average Bonchev–Trinajstić information content (AvgIpc) is 3.02. The van der Waals surface area contributed by atoms with Gasteiger partial charge in [0.25, 0.3) is 0 Å². The molecule has 2 N–H and O–H groups in total. The summed E-state index contributed by atoms with van der Waals surface area (Å²) in [5.41, 5.74) is 2.06. The van der Waals surface area contributed by atoms with E-state index in [1.807, 2.05) is 12.1 Å². The van der Waals surface area contributed by atoms with Crippen molar-refractivity contribution in [1.29, 1.82) is 0 Å². The van der Waals surface area contributed by atoms with Crippen LogP contribution in [0.1, 0.15) is 19.3 Å². The quantitative estimate of drug-likeness (QED) is 0.884. The molecule has 1 amide bonds. The molecule has 1 aromatic carbocycles. The van der Waals surface area contributed by atoms with E-state index >= 15 is 0 Å². The number of rotatable bonds is 4. The van der Waals surface area contributed by atoms with E-state index in [1.165, 1.54) is 12.1 Å². The lowest BCUT2D eigenvalue weighted by Crippen LogP contribution is -2.36. The minimum Gasteiger partial charge on any atom is -0.378 e. The standard InChI is InChI=1S/C16H23N3O2/c20-16(12-14-2-1-7-17-14)18-13-3-5-15(6-4-13)19-8-10-21-11-9-19/h3-6,14,17H,1-2,7-12H2,(H,18,20). The Bertz CT molecular complexity index is 463. The predicted octanol–water partition coefficient (Wildman–Crippen LogP) is 1.60. The van der Waals surface area contributed by atoms with Gasteiger partial charge in [0.1, 0.15) is 0 Å². The summed E-state index contributed by atoms with van der Waals surface area (Å²) in [6.07, 6.45) is 2.83. The highest BCUT2D eigenvalue weighted by Crippen LogP contribution is 2.19. The molecule has 2 aliphatic rings. The number of nitrogens with one attached hydrogen (secondary N) is 2. The van der Waals surface area contributed by atoms with Gasteiger partial charge in [-0.25, -0.2) is 0 Å². The summed E-state index contributed by atoms with van der Waals surface area (Å²) in [5.74, 6) is 0.0912. The fraction of sp³-hybridized carbons (Fsp3) is 0.562. The maximum atomic E-state index is 12.0. The number of hydrogen-bond donors (Lipinski definition) is 2. The number of amides is 1. The van der Waals surface area contributed by atoms with Crippen molar-refractivity contribution in [3.63, 3.8) is 0 Å². The van der Waals surface area contributed by atoms with Gasteiger partial charge in [-0.1, -0.05) is 0 Å². The van der Waals surface area contributed by atoms with Crippen LogP contribution in [-0.4, -0.2) is 44.8 Å². The lowest BCUT2D eigenvalue weighted by atomic mass is 10.1. The molecule has 2 saturated heterocycles. The van der Waals surface area contributed by atoms with Crippen LogP contribution in [-0.2, 0) is 9.53 Å². The molecule has 5 heteroatoms. The lowest BCUT2D eigenvalue weighted by molar-refractivity contribution is -0.116. The molecule has 0 bridgehead atoms. The first kappa shape index (κ1) is 14.4. The van der Waals surface area contributed by atoms with Crippen molar-refractivity contribution in [2.24, 2.45) is 0 Å². The summed E-state index contributed by atoms with van der Waals surface area (Å²) in [5, 5.41) is 6.32. The van der Waals surface area contributed by atoms with Gasteiger partial charge in [0.2, 0.25) is 5.91 Å². The highest BCUT2D eigenvalue weighted by atomic mass is 16.5. The summed E-state index contributed by atoms with van der Waals surface area (Å²) in [7, 11) is 0. The van der Waals surface area contributed by atoms with Crippen LogP contribution in [0.15, 0.2) is 24.3 Å². The minimum atomic E-state index is 0.0912. The van der Waals surface area contributed by atoms with Crippen molar-refractivity contribution < 1.29 is 9.53 Å². The predicted molar refractivity (Wildman–Crippen MR) is 83.7 cm³/mol. The Morgan fingerprint density at radius 3 is 2.71 bits per heavy atom. The van der Waals surface area contributed by atoms with Gasteiger partial charge in [-0.3, -0.25) is 4.79 Å². The fourth-order valence-corrected chi connectivity index (χ4v) is 2.94. The monoisotopic (exact) mass is 289 g/mol. The normalized spacial score (nSPS) is 22.3. The van der Waals surface area contributed by atoms with Crippen LogP contribution >= 0.6 is 0 Å². The molecule has 1 atom stereocenters. The average molecular weight is 289 g/mol. The third-order valence-corrected chi connectivity index (χ3v) is 4.12. The first-order chi connectivity index (χ1) is 10.3. The molecule has 0 saturated carbocycles. The number of anilines is 2. The van der Waals surface area contributed by atoms with Gasteiger partial charge in [-0.05, 0) is 43.7 Å². The van der Waals surface area contributed by atoms with E-state index in [-0.39, 0.29) is 5.91 Å². The summed E-state index contributed by atoms with van der Waals surface area (Å²) < 4.78 is 5.36. The largest absolute Gasteiger partial charge is 0.378 e. The molecule has 2 fully saturated rings. The third-order valence-electron chi connectivity index (χ3n) is 4.12. The summed E-state index contributed by atoms with van der Waals surface area (Å²) in [4.78, 5) is 14.3. The van der Waals surface area contributed by atoms with E-state index < -0.39 is 0 Å². The van der Waals surface area contributed by atoms with E-state index in [0.717, 1.165) is 45.0 Å². The Labute approximate surface area is 125 Å². The van der Waals surface area contributed by atoms with Crippen molar-refractivity contribution >= 4 is 17.3 Å². The van der Waals surface area contributed by atoms with Crippen LogP contribution in [0.2, 0.25) is 0 Å². The van der Waals surface area contributed by atoms with Crippen LogP contribution in [0.25, 0.3) is 0 Å². The summed E-state index contributed by atoms with van der Waals surface area (Å²) in [6.45, 7) is 4.46. The van der Waals surface area contributed by atoms with Gasteiger partial charge in [0.05, 0.1) is 13.2 Å². The van der Waals surface area contributed by atoms with Crippen LogP contribution < -0.4 is 15.5 Å². The zero-order valence-electron chi connectivity index (χ0n) is 12.3. The maximum absolute atomic E-state index is 12.0. The molecule has 0 radical (unpaired) electrons. The molecule has 0 aromatic heterocycles. The number of carbonyl (C=O) groups excluding carboxylic acids is 1. The molecule has 5 nitrogen and oxygen atoms in total. The van der Waals surface area contributed by atoms with Crippen molar-refractivity contribution in [3.8, 4) is 0 Å². The minimum absolute atomic E-state index is 0.0912. The first-order valence-corrected chi connectivity index (χ1v) is 7.77. The van der Waals surface area contributed by atoms with Gasteiger partial charge >= 0.3 is 0 Å². The molecule has 2 heterocycles. The number of ether oxygens (including phenoxy) is 1. The van der Waals surface area contributed by atoms with E-state index in [4.69, 9.17) is 4.74 Å². The number of carbonyl (C=O) groups is 1. The third kappa shape index (κ3) is 3.95. The Balaban J connectivity index is 1.52. The zero-order valence-corrected chi connectivity index (χ0v) is 12.3. The maximum Gasteiger partial charge on any atom is 0.225 e. The van der Waals surface area contributed by atoms with E-state index in [2.05, 4.69) is 27.7 Å². The van der Waals surface area contributed by atoms with Gasteiger partial charge in [-0.15, -0.1) is 0 Å². The van der Waals surface area contributed by atoms with Crippen molar-refractivity contribution in [2.45, 2.75) is 25.3 Å². The Hall–Kier alpha value is -1.59. The summed E-state index contributed by atoms with van der Waals surface area (Å²) >= 11 is 0. The number of hydrogen-bond acceptors (Lipinski definition) is 4. The Kier molecular flexibility index (Phi) is 4.72. The number of morpholine rings is 1. The van der Waals surface area contributed by atoms with Crippen LogP contribution in [0.4, 0.5) is 11.4 Å². The molecular formula is C16H23N3O2. The smallest absolute Gasteiger partial charge is 0.225 e. The van der Waals surface area contributed by atoms with E-state index in [9.17, 15) is 4.79 Å². The second kappa shape index (κ2) is 6.91. The second-order valence-electron chi connectivity index (χ2n) is 5.69. The topological polar surface area (TPSA) is 53.6 Å². The van der Waals surface area contributed by atoms with Crippen LogP contribution in [0, 0.1) is 0 Å². The zero-order chi connectivity index (χ0) is 14.5. The van der Waals surface area contributed by atoms with Crippen molar-refractivity contribution in [1.82, 2.24) is 5.32 Å². The molecule has 0 spiro atoms. The molecule has 1 unspecified atom stereocenters. The highest BCUT2D eigenvalue weighted by Gasteiger charge is 2.17. The van der Waals surface area contributed by atoms with Gasteiger partial charge in [0, 0.05) is 36.9 Å². The lowest BCUT2D eigenvalue weighted by Gasteiger charge is -2.28. The molecule has 2 aliphatic heterocycles. The van der Waals surface area contributed by atoms with Crippen LogP contribution in [0.5, 0.6) is 0 Å². The SMILES string of the molecule is O=C(CC1CCCN1)Nc1ccc(N2CCOCC2)cc1. The van der Waals surface area contributed by atoms with E-state index in [1.54, 1.807) is 0 Å². The molecular weight excluding hydrogens is 266 g/mol. The number of benzene rings is 1. The fourth-order valence-electron chi connectivity index (χ4n) is 2.94. The molecule has 3 rings (SSSR count). The number of nitrogens with zero attached hydrogens (tertiary/aromatic N) is 1. The van der Waals surface area contributed by atoms with Crippen molar-refractivity contribution in [2.75, 3.05) is 43.1 Å². The molecule has 1 aromatic rings. The summed E-state index contributed by atoms with van der Waals surface area (Å²) in [6, 6.07) is 8.43. The van der Waals surface area contributed by atoms with Crippen LogP contribution in [0.3, 0.4) is 0 Å².